The van der Waals surface area contributed by atoms with Gasteiger partial charge in [-0.1, -0.05) is 12.1 Å². The van der Waals surface area contributed by atoms with Crippen molar-refractivity contribution in [2.24, 2.45) is 5.73 Å². The Morgan fingerprint density at radius 3 is 2.70 bits per heavy atom. The number of para-hydroxylation sites is 2. The third kappa shape index (κ3) is 3.02. The number of halogens is 2. The van der Waals surface area contributed by atoms with Gasteiger partial charge in [-0.05, 0) is 12.1 Å². The number of nitrogens with zero attached hydrogens (tertiary/aromatic N) is 3. The number of alkyl halides is 2. The van der Waals surface area contributed by atoms with Crippen molar-refractivity contribution in [3.05, 3.63) is 36.2 Å². The van der Waals surface area contributed by atoms with Gasteiger partial charge in [-0.2, -0.15) is 0 Å². The number of nitrogens with one attached hydrogen (secondary N) is 1. The Morgan fingerprint density at radius 2 is 2.00 bits per heavy atom. The maximum Gasteiger partial charge on any atom is 0.296 e. The van der Waals surface area contributed by atoms with Crippen LogP contribution in [0.1, 0.15) is 12.2 Å². The Hall–Kier alpha value is -2.48. The molecule has 1 aliphatic rings. The molecule has 1 fully saturated rings. The quantitative estimate of drug-likeness (QED) is 0.670. The molecule has 0 saturated carbocycles. The van der Waals surface area contributed by atoms with Crippen LogP contribution >= 0.6 is 0 Å². The van der Waals surface area contributed by atoms with Gasteiger partial charge in [0.25, 0.3) is 6.43 Å². The fourth-order valence-corrected chi connectivity index (χ4v) is 2.56. The number of morpholine rings is 1. The zero-order valence-corrected chi connectivity index (χ0v) is 12.4. The molecule has 0 atom stereocenters. The van der Waals surface area contributed by atoms with Crippen LogP contribution in [0.5, 0.6) is 0 Å². The van der Waals surface area contributed by atoms with Crippen molar-refractivity contribution in [1.29, 1.82) is 5.41 Å². The molecule has 122 valence electrons. The molecule has 0 spiro atoms. The minimum absolute atomic E-state index is 0.0468. The summed E-state index contributed by atoms with van der Waals surface area (Å²) >= 11 is 0. The molecule has 8 heteroatoms. The van der Waals surface area contributed by atoms with E-state index in [1.54, 1.807) is 29.2 Å². The SMILES string of the molecule is N=C(/C=C(\N)n1c(C(F)F)nc2ccccc21)N1CCOCC1. The second kappa shape index (κ2) is 6.33. The molecule has 0 radical (unpaired) electrons. The van der Waals surface area contributed by atoms with E-state index in [0.717, 1.165) is 0 Å². The van der Waals surface area contributed by atoms with Gasteiger partial charge in [0.15, 0.2) is 5.82 Å². The largest absolute Gasteiger partial charge is 0.385 e. The van der Waals surface area contributed by atoms with Crippen LogP contribution in [0.3, 0.4) is 0 Å². The number of nitrogens with two attached hydrogens (primary N) is 1. The minimum atomic E-state index is -2.76. The van der Waals surface area contributed by atoms with Crippen molar-refractivity contribution in [3.8, 4) is 0 Å². The molecule has 0 aliphatic carbocycles. The molecule has 6 nitrogen and oxygen atoms in total. The molecule has 1 saturated heterocycles. The number of fused-ring (bicyclic) bond motifs is 1. The summed E-state index contributed by atoms with van der Waals surface area (Å²) in [5.41, 5.74) is 6.94. The summed E-state index contributed by atoms with van der Waals surface area (Å²) < 4.78 is 33.0. The molecule has 1 aliphatic heterocycles. The summed E-state index contributed by atoms with van der Waals surface area (Å²) in [4.78, 5) is 5.73. The fraction of sp³-hybridized carbons (Fsp3) is 0.333. The van der Waals surface area contributed by atoms with Crippen LogP contribution in [0, 0.1) is 5.41 Å². The number of hydrogen-bond donors (Lipinski definition) is 2. The van der Waals surface area contributed by atoms with E-state index in [-0.39, 0.29) is 11.7 Å². The number of imidazole rings is 1. The van der Waals surface area contributed by atoms with Crippen LogP contribution in [-0.2, 0) is 4.74 Å². The normalized spacial score (nSPS) is 16.3. The first-order valence-corrected chi connectivity index (χ1v) is 7.22. The van der Waals surface area contributed by atoms with Gasteiger partial charge in [-0.25, -0.2) is 13.8 Å². The van der Waals surface area contributed by atoms with Crippen molar-refractivity contribution in [2.45, 2.75) is 6.43 Å². The van der Waals surface area contributed by atoms with Gasteiger partial charge in [0, 0.05) is 19.2 Å². The average molecular weight is 321 g/mol. The lowest BCUT2D eigenvalue weighted by Crippen LogP contribution is -2.39. The molecule has 3 rings (SSSR count). The summed E-state index contributed by atoms with van der Waals surface area (Å²) in [6.07, 6.45) is -1.38. The van der Waals surface area contributed by atoms with Gasteiger partial charge in [0.2, 0.25) is 0 Å². The van der Waals surface area contributed by atoms with Crippen molar-refractivity contribution in [1.82, 2.24) is 14.5 Å². The molecule has 1 aromatic carbocycles. The van der Waals surface area contributed by atoms with Crippen molar-refractivity contribution in [3.63, 3.8) is 0 Å². The zero-order chi connectivity index (χ0) is 16.4. The summed E-state index contributed by atoms with van der Waals surface area (Å²) in [6, 6.07) is 6.78. The monoisotopic (exact) mass is 321 g/mol. The standard InChI is InChI=1S/C15H17F2N5O/c16-14(17)15-20-10-3-1-2-4-11(10)22(15)13(19)9-12(18)21-5-7-23-8-6-21/h1-4,9,14,18H,5-8,19H2/b13-9+,18-12?. The average Bonchev–Trinajstić information content (AvgIpc) is 2.95. The highest BCUT2D eigenvalue weighted by molar-refractivity contribution is 5.95. The minimum Gasteiger partial charge on any atom is -0.385 e. The van der Waals surface area contributed by atoms with Gasteiger partial charge in [0.1, 0.15) is 11.7 Å². The molecular formula is C15H17F2N5O. The maximum absolute atomic E-state index is 13.3. The predicted molar refractivity (Wildman–Crippen MR) is 83.3 cm³/mol. The van der Waals surface area contributed by atoms with Crippen LogP contribution in [0.25, 0.3) is 16.9 Å². The highest BCUT2D eigenvalue weighted by atomic mass is 19.3. The molecule has 0 bridgehead atoms. The van der Waals surface area contributed by atoms with Crippen LogP contribution in [0.2, 0.25) is 0 Å². The van der Waals surface area contributed by atoms with Gasteiger partial charge in [-0.15, -0.1) is 0 Å². The molecule has 2 aromatic rings. The Balaban J connectivity index is 1.99. The third-order valence-electron chi connectivity index (χ3n) is 3.68. The lowest BCUT2D eigenvalue weighted by molar-refractivity contribution is 0.0681. The first-order valence-electron chi connectivity index (χ1n) is 7.22. The van der Waals surface area contributed by atoms with Gasteiger partial charge < -0.3 is 15.4 Å². The number of benzene rings is 1. The smallest absolute Gasteiger partial charge is 0.296 e. The number of aromatic nitrogens is 2. The van der Waals surface area contributed by atoms with E-state index in [0.29, 0.717) is 37.3 Å². The second-order valence-corrected chi connectivity index (χ2v) is 5.15. The Bertz CT molecular complexity index is 749. The number of ether oxygens (including phenoxy) is 1. The maximum atomic E-state index is 13.3. The van der Waals surface area contributed by atoms with E-state index in [1.165, 1.54) is 10.6 Å². The molecule has 1 aromatic heterocycles. The molecular weight excluding hydrogens is 304 g/mol. The Morgan fingerprint density at radius 1 is 1.30 bits per heavy atom. The van der Waals surface area contributed by atoms with Crippen LogP contribution in [0.15, 0.2) is 30.3 Å². The van der Waals surface area contributed by atoms with Crippen molar-refractivity contribution < 1.29 is 13.5 Å². The van der Waals surface area contributed by atoms with E-state index in [2.05, 4.69) is 4.98 Å². The molecule has 3 N–H and O–H groups in total. The fourth-order valence-electron chi connectivity index (χ4n) is 2.56. The number of hydrogen-bond acceptors (Lipinski definition) is 4. The van der Waals surface area contributed by atoms with Crippen LogP contribution < -0.4 is 5.73 Å². The third-order valence-corrected chi connectivity index (χ3v) is 3.68. The van der Waals surface area contributed by atoms with Crippen LogP contribution in [-0.4, -0.2) is 46.6 Å². The van der Waals surface area contributed by atoms with Gasteiger partial charge in [-0.3, -0.25) is 9.98 Å². The van der Waals surface area contributed by atoms with E-state index in [9.17, 15) is 8.78 Å². The van der Waals surface area contributed by atoms with Crippen molar-refractivity contribution in [2.75, 3.05) is 26.3 Å². The van der Waals surface area contributed by atoms with Crippen LogP contribution in [0.4, 0.5) is 8.78 Å². The van der Waals surface area contributed by atoms with E-state index < -0.39 is 12.2 Å². The molecule has 0 amide bonds. The topological polar surface area (TPSA) is 80.2 Å². The second-order valence-electron chi connectivity index (χ2n) is 5.15. The first kappa shape index (κ1) is 15.4. The highest BCUT2D eigenvalue weighted by Crippen LogP contribution is 2.26. The zero-order valence-electron chi connectivity index (χ0n) is 12.4. The lowest BCUT2D eigenvalue weighted by atomic mass is 10.3. The summed E-state index contributed by atoms with van der Waals surface area (Å²) in [7, 11) is 0. The van der Waals surface area contributed by atoms with E-state index in [1.807, 2.05) is 0 Å². The number of rotatable bonds is 3. The lowest BCUT2D eigenvalue weighted by Gasteiger charge is -2.27. The summed E-state index contributed by atoms with van der Waals surface area (Å²) in [5, 5.41) is 8.09. The van der Waals surface area contributed by atoms with Gasteiger partial charge >= 0.3 is 0 Å². The molecule has 2 heterocycles. The highest BCUT2D eigenvalue weighted by Gasteiger charge is 2.21. The molecule has 0 unspecified atom stereocenters. The Kier molecular flexibility index (Phi) is 4.24. The Labute approximate surface area is 131 Å². The first-order chi connectivity index (χ1) is 11.1. The van der Waals surface area contributed by atoms with E-state index >= 15 is 0 Å². The molecule has 23 heavy (non-hydrogen) atoms. The number of amidine groups is 1. The van der Waals surface area contributed by atoms with Crippen molar-refractivity contribution >= 4 is 22.7 Å². The summed E-state index contributed by atoms with van der Waals surface area (Å²) in [5.74, 6) is -0.205. The van der Waals surface area contributed by atoms with E-state index in [4.69, 9.17) is 15.9 Å². The summed E-state index contributed by atoms with van der Waals surface area (Å²) in [6.45, 7) is 2.23. The predicted octanol–water partition coefficient (Wildman–Crippen LogP) is 2.04. The van der Waals surface area contributed by atoms with Gasteiger partial charge in [0.05, 0.1) is 24.2 Å².